The van der Waals surface area contributed by atoms with Gasteiger partial charge in [-0.3, -0.25) is 4.79 Å². The predicted molar refractivity (Wildman–Crippen MR) is 119 cm³/mol. The van der Waals surface area contributed by atoms with Crippen molar-refractivity contribution in [1.29, 1.82) is 0 Å². The first kappa shape index (κ1) is 18.7. The van der Waals surface area contributed by atoms with Crippen LogP contribution in [0.25, 0.3) is 0 Å². The van der Waals surface area contributed by atoms with E-state index < -0.39 is 5.41 Å². The molecule has 3 aliphatic rings. The molecule has 0 saturated heterocycles. The van der Waals surface area contributed by atoms with Gasteiger partial charge in [0, 0.05) is 16.9 Å². The molecule has 0 aliphatic heterocycles. The fraction of sp³-hybridized carbons (Fsp3) is 0.240. The molecule has 1 N–H and O–H groups in total. The fourth-order valence-electron chi connectivity index (χ4n) is 5.26. The van der Waals surface area contributed by atoms with Crippen LogP contribution in [0.5, 0.6) is 0 Å². The predicted octanol–water partition coefficient (Wildman–Crippen LogP) is 6.93. The minimum Gasteiger partial charge on any atom is -0.324 e. The highest BCUT2D eigenvalue weighted by molar-refractivity contribution is 6.34. The quantitative estimate of drug-likeness (QED) is 0.477. The summed E-state index contributed by atoms with van der Waals surface area (Å²) in [5.41, 5.74) is 6.07. The van der Waals surface area contributed by atoms with Gasteiger partial charge in [-0.15, -0.1) is 0 Å². The third-order valence-electron chi connectivity index (χ3n) is 6.66. The standard InChI is InChI=1S/C25H21Cl2NO/c1-14-6-5-9-21(27)23(14)28-24(29)25(2)13-20-16-7-3-4-8-18(16)22(25)19-12-15(26)10-11-17(19)20/h3-12,20,22H,13H2,1-2H3,(H,28,29). The molecule has 3 atom stereocenters. The second kappa shape index (κ2) is 6.62. The van der Waals surface area contributed by atoms with Crippen molar-refractivity contribution >= 4 is 34.8 Å². The van der Waals surface area contributed by atoms with Crippen LogP contribution < -0.4 is 5.32 Å². The first-order valence-electron chi connectivity index (χ1n) is 9.85. The highest BCUT2D eigenvalue weighted by atomic mass is 35.5. The summed E-state index contributed by atoms with van der Waals surface area (Å²) in [4.78, 5) is 13.7. The number of fused-ring (bicyclic) bond motifs is 1. The zero-order valence-electron chi connectivity index (χ0n) is 16.3. The van der Waals surface area contributed by atoms with Crippen LogP contribution in [0.3, 0.4) is 0 Å². The summed E-state index contributed by atoms with van der Waals surface area (Å²) < 4.78 is 0. The highest BCUT2D eigenvalue weighted by Crippen LogP contribution is 2.61. The molecule has 3 aromatic rings. The summed E-state index contributed by atoms with van der Waals surface area (Å²) in [6, 6.07) is 20.3. The van der Waals surface area contributed by atoms with Crippen molar-refractivity contribution in [3.8, 4) is 0 Å². The summed E-state index contributed by atoms with van der Waals surface area (Å²) in [5.74, 6) is 0.149. The fourth-order valence-corrected chi connectivity index (χ4v) is 5.71. The van der Waals surface area contributed by atoms with Crippen LogP contribution in [0.1, 0.15) is 53.0 Å². The van der Waals surface area contributed by atoms with Gasteiger partial charge in [0.2, 0.25) is 5.91 Å². The SMILES string of the molecule is Cc1cccc(Cl)c1NC(=O)C1(C)CC2c3ccccc3C1c1cc(Cl)ccc12. The van der Waals surface area contributed by atoms with Crippen molar-refractivity contribution in [3.05, 3.63) is 98.5 Å². The number of aryl methyl sites for hydroxylation is 1. The van der Waals surface area contributed by atoms with Gasteiger partial charge < -0.3 is 5.32 Å². The number of carbonyl (C=O) groups is 1. The first-order valence-corrected chi connectivity index (χ1v) is 10.6. The molecule has 29 heavy (non-hydrogen) atoms. The van der Waals surface area contributed by atoms with E-state index in [-0.39, 0.29) is 17.7 Å². The molecule has 0 fully saturated rings. The van der Waals surface area contributed by atoms with E-state index in [2.05, 4.69) is 42.6 Å². The topological polar surface area (TPSA) is 29.1 Å². The molecule has 0 saturated carbocycles. The number of para-hydroxylation sites is 1. The Labute approximate surface area is 180 Å². The number of amides is 1. The third kappa shape index (κ3) is 2.73. The van der Waals surface area contributed by atoms with Crippen molar-refractivity contribution in [1.82, 2.24) is 0 Å². The lowest BCUT2D eigenvalue weighted by Crippen LogP contribution is -2.47. The second-order valence-electron chi connectivity index (χ2n) is 8.40. The van der Waals surface area contributed by atoms with E-state index >= 15 is 0 Å². The monoisotopic (exact) mass is 421 g/mol. The molecule has 2 nitrogen and oxygen atoms in total. The van der Waals surface area contributed by atoms with Crippen LogP contribution in [0.15, 0.2) is 60.7 Å². The number of anilines is 1. The van der Waals surface area contributed by atoms with Gasteiger partial charge in [0.1, 0.15) is 0 Å². The minimum absolute atomic E-state index is 0.00354. The molecule has 6 rings (SSSR count). The largest absolute Gasteiger partial charge is 0.324 e. The van der Waals surface area contributed by atoms with Gasteiger partial charge in [-0.05, 0) is 66.3 Å². The van der Waals surface area contributed by atoms with E-state index in [4.69, 9.17) is 23.2 Å². The van der Waals surface area contributed by atoms with Crippen molar-refractivity contribution < 1.29 is 4.79 Å². The molecule has 0 aromatic heterocycles. The van der Waals surface area contributed by atoms with Crippen molar-refractivity contribution in [2.24, 2.45) is 5.41 Å². The van der Waals surface area contributed by atoms with Gasteiger partial charge >= 0.3 is 0 Å². The van der Waals surface area contributed by atoms with Gasteiger partial charge in [-0.2, -0.15) is 0 Å². The van der Waals surface area contributed by atoms with Crippen molar-refractivity contribution in [3.63, 3.8) is 0 Å². The van der Waals surface area contributed by atoms with E-state index in [1.807, 2.05) is 37.3 Å². The number of benzene rings is 3. The van der Waals surface area contributed by atoms with Crippen molar-refractivity contribution in [2.75, 3.05) is 5.32 Å². The molecule has 0 heterocycles. The van der Waals surface area contributed by atoms with Crippen molar-refractivity contribution in [2.45, 2.75) is 32.1 Å². The van der Waals surface area contributed by atoms with Gasteiger partial charge in [0.15, 0.2) is 0 Å². The van der Waals surface area contributed by atoms with Gasteiger partial charge in [-0.25, -0.2) is 0 Å². The lowest BCUT2D eigenvalue weighted by Gasteiger charge is -2.51. The normalized spacial score (nSPS) is 24.0. The number of carbonyl (C=O) groups excluding carboxylic acids is 1. The maximum absolute atomic E-state index is 13.7. The molecular formula is C25H21Cl2NO. The van der Waals surface area contributed by atoms with E-state index in [0.29, 0.717) is 15.7 Å². The molecule has 0 radical (unpaired) electrons. The first-order chi connectivity index (χ1) is 13.9. The number of rotatable bonds is 2. The number of hydrogen-bond acceptors (Lipinski definition) is 1. The molecule has 3 unspecified atom stereocenters. The Morgan fingerprint density at radius 1 is 0.966 bits per heavy atom. The van der Waals surface area contributed by atoms with Crippen LogP contribution in [-0.2, 0) is 4.79 Å². The molecule has 4 heteroatoms. The Hall–Kier alpha value is -2.29. The maximum Gasteiger partial charge on any atom is 0.231 e. The van der Waals surface area contributed by atoms with Gasteiger partial charge in [-0.1, -0.05) is 65.7 Å². The highest BCUT2D eigenvalue weighted by Gasteiger charge is 2.54. The summed E-state index contributed by atoms with van der Waals surface area (Å²) in [7, 11) is 0. The summed E-state index contributed by atoms with van der Waals surface area (Å²) >= 11 is 12.8. The summed E-state index contributed by atoms with van der Waals surface area (Å²) in [6.07, 6.45) is 0.763. The lowest BCUT2D eigenvalue weighted by molar-refractivity contribution is -0.126. The maximum atomic E-state index is 13.7. The van der Waals surface area contributed by atoms with E-state index in [1.54, 1.807) is 0 Å². The van der Waals surface area contributed by atoms with E-state index in [0.717, 1.165) is 12.0 Å². The molecular weight excluding hydrogens is 401 g/mol. The number of hydrogen-bond donors (Lipinski definition) is 1. The molecule has 0 spiro atoms. The average molecular weight is 422 g/mol. The number of nitrogens with one attached hydrogen (secondary N) is 1. The molecule has 3 aromatic carbocycles. The third-order valence-corrected chi connectivity index (χ3v) is 7.21. The van der Waals surface area contributed by atoms with E-state index in [9.17, 15) is 4.79 Å². The Balaban J connectivity index is 1.64. The average Bonchev–Trinajstić information content (AvgIpc) is 2.70. The van der Waals surface area contributed by atoms with Gasteiger partial charge in [0.25, 0.3) is 0 Å². The Bertz CT molecular complexity index is 1140. The minimum atomic E-state index is -0.595. The van der Waals surface area contributed by atoms with Crippen LogP contribution in [0.4, 0.5) is 5.69 Å². The van der Waals surface area contributed by atoms with E-state index in [1.165, 1.54) is 22.3 Å². The second-order valence-corrected chi connectivity index (χ2v) is 9.24. The zero-order valence-corrected chi connectivity index (χ0v) is 17.8. The smallest absolute Gasteiger partial charge is 0.231 e. The summed E-state index contributed by atoms with van der Waals surface area (Å²) in [6.45, 7) is 4.03. The Morgan fingerprint density at radius 2 is 1.69 bits per heavy atom. The van der Waals surface area contributed by atoms with Crippen LogP contribution in [-0.4, -0.2) is 5.91 Å². The molecule has 1 amide bonds. The molecule has 3 aliphatic carbocycles. The van der Waals surface area contributed by atoms with Crippen LogP contribution >= 0.6 is 23.2 Å². The Morgan fingerprint density at radius 3 is 2.45 bits per heavy atom. The number of halogens is 2. The Kier molecular flexibility index (Phi) is 4.27. The molecule has 2 bridgehead atoms. The van der Waals surface area contributed by atoms with Crippen LogP contribution in [0, 0.1) is 12.3 Å². The van der Waals surface area contributed by atoms with Gasteiger partial charge in [0.05, 0.1) is 16.1 Å². The molecule has 146 valence electrons. The van der Waals surface area contributed by atoms with Crippen LogP contribution in [0.2, 0.25) is 10.0 Å². The zero-order chi connectivity index (χ0) is 20.3. The lowest BCUT2D eigenvalue weighted by atomic mass is 9.52. The summed E-state index contributed by atoms with van der Waals surface area (Å²) in [5, 5.41) is 4.41.